The largest absolute Gasteiger partial charge is 0.283 e. The van der Waals surface area contributed by atoms with Crippen molar-refractivity contribution < 1.29 is 8.42 Å². The van der Waals surface area contributed by atoms with Crippen LogP contribution in [-0.4, -0.2) is 8.42 Å². The van der Waals surface area contributed by atoms with E-state index in [0.717, 1.165) is 0 Å². The number of halogens is 3. The van der Waals surface area contributed by atoms with Gasteiger partial charge in [0.25, 0.3) is 0 Å². The molecular weight excluding hydrogens is 353 g/mol. The Morgan fingerprint density at radius 2 is 1.71 bits per heavy atom. The fourth-order valence-corrected chi connectivity index (χ4v) is 3.51. The van der Waals surface area contributed by atoms with Gasteiger partial charge in [-0.3, -0.25) is 4.72 Å². The minimum atomic E-state index is -3.57. The average Bonchev–Trinajstić information content (AvgIpc) is 2.39. The molecule has 0 unspecified atom stereocenters. The van der Waals surface area contributed by atoms with Gasteiger partial charge >= 0.3 is 0 Å². The fraction of sp³-hybridized carbons (Fsp3) is 0.143. The van der Waals surface area contributed by atoms with E-state index in [1.54, 1.807) is 37.3 Å². The maximum absolute atomic E-state index is 12.2. The van der Waals surface area contributed by atoms with Crippen molar-refractivity contribution >= 4 is 50.5 Å². The second kappa shape index (κ2) is 6.44. The van der Waals surface area contributed by atoms with Gasteiger partial charge in [0.15, 0.2) is 0 Å². The Balaban J connectivity index is 2.22. The summed E-state index contributed by atoms with van der Waals surface area (Å²) in [5, 5.41) is 1.21. The third-order valence-electron chi connectivity index (χ3n) is 2.87. The summed E-state index contributed by atoms with van der Waals surface area (Å²) in [5.41, 5.74) is 1.69. The molecule has 0 heterocycles. The first-order valence-corrected chi connectivity index (χ1v) is 8.76. The van der Waals surface area contributed by atoms with E-state index < -0.39 is 10.0 Å². The number of hydrogen-bond acceptors (Lipinski definition) is 2. The molecule has 0 bridgehead atoms. The second-order valence-electron chi connectivity index (χ2n) is 4.52. The van der Waals surface area contributed by atoms with E-state index in [-0.39, 0.29) is 5.75 Å². The molecular formula is C14H12Cl3NO2S. The molecule has 7 heteroatoms. The van der Waals surface area contributed by atoms with Crippen molar-refractivity contribution in [2.24, 2.45) is 0 Å². The Bertz CT molecular complexity index is 776. The molecule has 0 amide bonds. The van der Waals surface area contributed by atoms with Gasteiger partial charge in [0.1, 0.15) is 0 Å². The van der Waals surface area contributed by atoms with Crippen LogP contribution in [0.15, 0.2) is 36.4 Å². The number of benzene rings is 2. The Labute approximate surface area is 138 Å². The van der Waals surface area contributed by atoms with E-state index in [9.17, 15) is 8.42 Å². The third-order valence-corrected chi connectivity index (χ3v) is 5.27. The quantitative estimate of drug-likeness (QED) is 0.839. The maximum atomic E-state index is 12.2. The van der Waals surface area contributed by atoms with Crippen LogP contribution in [-0.2, 0) is 15.8 Å². The molecule has 0 aliphatic carbocycles. The van der Waals surface area contributed by atoms with Crippen LogP contribution >= 0.6 is 34.8 Å². The summed E-state index contributed by atoms with van der Waals surface area (Å²) >= 11 is 17.7. The van der Waals surface area contributed by atoms with E-state index in [1.165, 1.54) is 6.07 Å². The number of nitrogens with one attached hydrogen (secondary N) is 1. The van der Waals surface area contributed by atoms with Gasteiger partial charge in [-0.1, -0.05) is 46.9 Å². The zero-order valence-electron chi connectivity index (χ0n) is 11.0. The fourth-order valence-electron chi connectivity index (χ4n) is 1.77. The standard InChI is InChI=1S/C14H12Cl3NO2S/c1-9-11(15)3-2-4-14(9)18-21(19,20)8-10-5-6-12(16)13(17)7-10/h2-7,18H,8H2,1H3. The SMILES string of the molecule is Cc1c(Cl)cccc1NS(=O)(=O)Cc1ccc(Cl)c(Cl)c1. The lowest BCUT2D eigenvalue weighted by Crippen LogP contribution is -2.15. The van der Waals surface area contributed by atoms with E-state index in [0.29, 0.717) is 31.9 Å². The predicted molar refractivity (Wildman–Crippen MR) is 88.9 cm³/mol. The Kier molecular flexibility index (Phi) is 5.04. The predicted octanol–water partition coefficient (Wildman–Crippen LogP) is 4.90. The first-order valence-electron chi connectivity index (χ1n) is 5.98. The highest BCUT2D eigenvalue weighted by atomic mass is 35.5. The molecule has 0 aromatic heterocycles. The smallest absolute Gasteiger partial charge is 0.236 e. The molecule has 0 fully saturated rings. The van der Waals surface area contributed by atoms with E-state index in [1.807, 2.05) is 0 Å². The highest BCUT2D eigenvalue weighted by molar-refractivity contribution is 7.91. The normalized spacial score (nSPS) is 11.4. The first-order chi connectivity index (χ1) is 9.78. The summed E-state index contributed by atoms with van der Waals surface area (Å²) in [4.78, 5) is 0. The average molecular weight is 365 g/mol. The van der Waals surface area contributed by atoms with Crippen LogP contribution < -0.4 is 4.72 Å². The third kappa shape index (κ3) is 4.27. The zero-order valence-corrected chi connectivity index (χ0v) is 14.1. The number of rotatable bonds is 4. The summed E-state index contributed by atoms with van der Waals surface area (Å²) in [5.74, 6) is -0.199. The van der Waals surface area contributed by atoms with Gasteiger partial charge in [-0.05, 0) is 42.3 Å². The molecule has 0 spiro atoms. The van der Waals surface area contributed by atoms with Gasteiger partial charge in [0, 0.05) is 5.02 Å². The van der Waals surface area contributed by atoms with Crippen molar-refractivity contribution in [3.8, 4) is 0 Å². The topological polar surface area (TPSA) is 46.2 Å². The summed E-state index contributed by atoms with van der Waals surface area (Å²) in [6.07, 6.45) is 0. The van der Waals surface area contributed by atoms with Gasteiger partial charge < -0.3 is 0 Å². The number of sulfonamides is 1. The Morgan fingerprint density at radius 1 is 1.00 bits per heavy atom. The zero-order chi connectivity index (χ0) is 15.6. The van der Waals surface area contributed by atoms with Crippen molar-refractivity contribution in [3.05, 3.63) is 62.6 Å². The molecule has 0 saturated carbocycles. The van der Waals surface area contributed by atoms with Crippen LogP contribution in [0, 0.1) is 6.92 Å². The molecule has 2 aromatic rings. The summed E-state index contributed by atoms with van der Waals surface area (Å²) in [6.45, 7) is 1.75. The van der Waals surface area contributed by atoms with Crippen LogP contribution in [0.4, 0.5) is 5.69 Å². The van der Waals surface area contributed by atoms with Crippen LogP contribution in [0.25, 0.3) is 0 Å². The molecule has 2 rings (SSSR count). The van der Waals surface area contributed by atoms with Crippen molar-refractivity contribution in [2.75, 3.05) is 4.72 Å². The second-order valence-corrected chi connectivity index (χ2v) is 7.47. The molecule has 0 aliphatic rings. The molecule has 0 aliphatic heterocycles. The lowest BCUT2D eigenvalue weighted by Gasteiger charge is -2.11. The number of hydrogen-bond donors (Lipinski definition) is 1. The number of anilines is 1. The summed E-state index contributed by atoms with van der Waals surface area (Å²) < 4.78 is 26.9. The molecule has 3 nitrogen and oxygen atoms in total. The van der Waals surface area contributed by atoms with Crippen molar-refractivity contribution in [2.45, 2.75) is 12.7 Å². The van der Waals surface area contributed by atoms with Crippen molar-refractivity contribution in [3.63, 3.8) is 0 Å². The van der Waals surface area contributed by atoms with Gasteiger partial charge in [-0.2, -0.15) is 0 Å². The van der Waals surface area contributed by atoms with Crippen LogP contribution in [0.2, 0.25) is 15.1 Å². The Hall–Kier alpha value is -0.940. The molecule has 0 radical (unpaired) electrons. The molecule has 0 saturated heterocycles. The Morgan fingerprint density at radius 3 is 2.38 bits per heavy atom. The van der Waals surface area contributed by atoms with Gasteiger partial charge in [-0.15, -0.1) is 0 Å². The first kappa shape index (κ1) is 16.4. The van der Waals surface area contributed by atoms with Gasteiger partial charge in [0.05, 0.1) is 21.5 Å². The van der Waals surface area contributed by atoms with E-state index in [4.69, 9.17) is 34.8 Å². The van der Waals surface area contributed by atoms with Gasteiger partial charge in [0.2, 0.25) is 10.0 Å². The molecule has 21 heavy (non-hydrogen) atoms. The monoisotopic (exact) mass is 363 g/mol. The molecule has 2 aromatic carbocycles. The lowest BCUT2D eigenvalue weighted by molar-refractivity contribution is 0.600. The minimum absolute atomic E-state index is 0.199. The van der Waals surface area contributed by atoms with Crippen LogP contribution in [0.5, 0.6) is 0 Å². The highest BCUT2D eigenvalue weighted by Gasteiger charge is 2.14. The summed E-state index contributed by atoms with van der Waals surface area (Å²) in [6, 6.07) is 9.78. The van der Waals surface area contributed by atoms with E-state index in [2.05, 4.69) is 4.72 Å². The van der Waals surface area contributed by atoms with Gasteiger partial charge in [-0.25, -0.2) is 8.42 Å². The molecule has 112 valence electrons. The minimum Gasteiger partial charge on any atom is -0.283 e. The summed E-state index contributed by atoms with van der Waals surface area (Å²) in [7, 11) is -3.57. The van der Waals surface area contributed by atoms with Crippen molar-refractivity contribution in [1.82, 2.24) is 0 Å². The van der Waals surface area contributed by atoms with Crippen molar-refractivity contribution in [1.29, 1.82) is 0 Å². The highest BCUT2D eigenvalue weighted by Crippen LogP contribution is 2.26. The molecule has 1 N–H and O–H groups in total. The molecule has 0 atom stereocenters. The lowest BCUT2D eigenvalue weighted by atomic mass is 10.2. The van der Waals surface area contributed by atoms with Crippen LogP contribution in [0.1, 0.15) is 11.1 Å². The van der Waals surface area contributed by atoms with E-state index >= 15 is 0 Å². The maximum Gasteiger partial charge on any atom is 0.236 e. The van der Waals surface area contributed by atoms with Crippen LogP contribution in [0.3, 0.4) is 0 Å².